The Hall–Kier alpha value is 0.930. The van der Waals surface area contributed by atoms with E-state index in [0.29, 0.717) is 5.92 Å². The van der Waals surface area contributed by atoms with E-state index in [4.69, 9.17) is 0 Å². The molecular formula is C7H13ArN. The first-order valence-corrected chi connectivity index (χ1v) is 3.34. The molecule has 1 aliphatic rings. The van der Waals surface area contributed by atoms with Crippen LogP contribution in [0.3, 0.4) is 0 Å². The summed E-state index contributed by atoms with van der Waals surface area (Å²) in [6, 6.07) is 0. The maximum Gasteiger partial charge on any atom is 0.0392 e. The molecule has 0 bridgehead atoms. The fourth-order valence-electron chi connectivity index (χ4n) is 1.03. The predicted octanol–water partition coefficient (Wildman–Crippen LogP) is 1.88. The summed E-state index contributed by atoms with van der Waals surface area (Å²) in [4.78, 5) is 4.35. The molecule has 54 valence electrons. The number of aliphatic imine (C=N–C) groups is 1. The maximum atomic E-state index is 4.35. The van der Waals surface area contributed by atoms with E-state index in [1.54, 1.807) is 0 Å². The molecule has 9 heavy (non-hydrogen) atoms. The molecule has 0 aromatic rings. The first kappa shape index (κ1) is 9.93. The molecule has 0 radical (unpaired) electrons. The van der Waals surface area contributed by atoms with Crippen molar-refractivity contribution in [3.8, 4) is 0 Å². The van der Waals surface area contributed by atoms with Crippen molar-refractivity contribution in [1.29, 1.82) is 0 Å². The van der Waals surface area contributed by atoms with Gasteiger partial charge in [0.2, 0.25) is 0 Å². The molecular weight excluding hydrogens is 138 g/mol. The van der Waals surface area contributed by atoms with Crippen LogP contribution in [0.25, 0.3) is 0 Å². The van der Waals surface area contributed by atoms with Crippen molar-refractivity contribution in [3.05, 3.63) is 0 Å². The number of rotatable bonds is 1. The van der Waals surface area contributed by atoms with Gasteiger partial charge in [-0.3, -0.25) is 4.99 Å². The van der Waals surface area contributed by atoms with E-state index in [-0.39, 0.29) is 37.7 Å². The van der Waals surface area contributed by atoms with Crippen molar-refractivity contribution in [2.75, 3.05) is 6.54 Å². The van der Waals surface area contributed by atoms with Crippen LogP contribution in [0.1, 0.15) is 26.7 Å². The topological polar surface area (TPSA) is 12.4 Å². The first-order chi connectivity index (χ1) is 3.80. The molecule has 1 nitrogen and oxygen atoms in total. The maximum absolute atomic E-state index is 4.35. The van der Waals surface area contributed by atoms with Crippen LogP contribution >= 0.6 is 0 Å². The largest absolute Gasteiger partial charge is 0.294 e. The van der Waals surface area contributed by atoms with Gasteiger partial charge in [0, 0.05) is 50.0 Å². The van der Waals surface area contributed by atoms with Crippen molar-refractivity contribution in [3.63, 3.8) is 0 Å². The predicted molar refractivity (Wildman–Crippen MR) is 36.4 cm³/mol. The van der Waals surface area contributed by atoms with Gasteiger partial charge in [0.05, 0.1) is 0 Å². The molecule has 1 heterocycles. The molecule has 0 aromatic heterocycles. The summed E-state index contributed by atoms with van der Waals surface area (Å²) < 4.78 is 0. The van der Waals surface area contributed by atoms with E-state index in [1.165, 1.54) is 18.6 Å². The second-order valence-corrected chi connectivity index (χ2v) is 2.63. The van der Waals surface area contributed by atoms with Gasteiger partial charge < -0.3 is 0 Å². The van der Waals surface area contributed by atoms with Crippen molar-refractivity contribution >= 4 is 5.71 Å². The van der Waals surface area contributed by atoms with Crippen LogP contribution in [0.2, 0.25) is 0 Å². The van der Waals surface area contributed by atoms with Crippen LogP contribution in [-0.4, -0.2) is 12.3 Å². The average Bonchev–Trinajstić information content (AvgIpc) is 2.12. The second-order valence-electron chi connectivity index (χ2n) is 2.63. The van der Waals surface area contributed by atoms with Crippen molar-refractivity contribution in [2.24, 2.45) is 10.9 Å². The minimum atomic E-state index is 0. The van der Waals surface area contributed by atoms with Gasteiger partial charge in [0.25, 0.3) is 0 Å². The van der Waals surface area contributed by atoms with Gasteiger partial charge in [-0.1, -0.05) is 13.8 Å². The number of hydrogen-bond acceptors (Lipinski definition) is 1. The summed E-state index contributed by atoms with van der Waals surface area (Å²) in [6.45, 7) is 5.50. The van der Waals surface area contributed by atoms with Crippen molar-refractivity contribution in [1.82, 2.24) is 0 Å². The molecule has 0 aliphatic carbocycles. The van der Waals surface area contributed by atoms with E-state index < -0.39 is 0 Å². The minimum absolute atomic E-state index is 0. The van der Waals surface area contributed by atoms with Crippen LogP contribution in [0.15, 0.2) is 4.99 Å². The SMILES string of the molecule is CC(C)C1=NCCC1.[Ar]. The van der Waals surface area contributed by atoms with Crippen molar-refractivity contribution < 1.29 is 37.7 Å². The smallest absolute Gasteiger partial charge is 0.0392 e. The summed E-state index contributed by atoms with van der Waals surface area (Å²) in [5.41, 5.74) is 1.42. The minimum Gasteiger partial charge on any atom is -0.294 e. The Morgan fingerprint density at radius 3 is 2.33 bits per heavy atom. The standard InChI is InChI=1S/C7H13N.Ar/c1-6(2)7-4-3-5-8-7;/h6H,3-5H2,1-2H3;. The third kappa shape index (κ3) is 3.01. The molecule has 1 rings (SSSR count). The van der Waals surface area contributed by atoms with Crippen LogP contribution in [-0.2, 0) is 0 Å². The monoisotopic (exact) mass is 151 g/mol. The average molecular weight is 151 g/mol. The molecule has 0 N–H and O–H groups in total. The van der Waals surface area contributed by atoms with E-state index >= 15 is 0 Å². The molecule has 0 spiro atoms. The first-order valence-electron chi connectivity index (χ1n) is 3.34. The zero-order valence-electron chi connectivity index (χ0n) is 6.00. The summed E-state index contributed by atoms with van der Waals surface area (Å²) in [5, 5.41) is 0. The molecule has 0 unspecified atom stereocenters. The quantitative estimate of drug-likeness (QED) is 0.542. The Bertz CT molecular complexity index is 107. The fraction of sp³-hybridized carbons (Fsp3) is 0.857. The summed E-state index contributed by atoms with van der Waals surface area (Å²) >= 11 is 0. The fourth-order valence-corrected chi connectivity index (χ4v) is 1.03. The molecule has 1 aliphatic heterocycles. The molecule has 2 heteroatoms. The summed E-state index contributed by atoms with van der Waals surface area (Å²) in [5.74, 6) is 0.692. The molecule has 0 fully saturated rings. The van der Waals surface area contributed by atoms with Gasteiger partial charge in [-0.2, -0.15) is 0 Å². The van der Waals surface area contributed by atoms with Gasteiger partial charge in [-0.25, -0.2) is 0 Å². The van der Waals surface area contributed by atoms with E-state index in [2.05, 4.69) is 18.8 Å². The Morgan fingerprint density at radius 2 is 2.11 bits per heavy atom. The van der Waals surface area contributed by atoms with Gasteiger partial charge in [0.1, 0.15) is 0 Å². The van der Waals surface area contributed by atoms with Crippen LogP contribution in [0.4, 0.5) is 0 Å². The van der Waals surface area contributed by atoms with E-state index in [9.17, 15) is 0 Å². The summed E-state index contributed by atoms with van der Waals surface area (Å²) in [7, 11) is 0. The van der Waals surface area contributed by atoms with Crippen LogP contribution in [0.5, 0.6) is 0 Å². The normalized spacial score (nSPS) is 17.4. The number of nitrogens with zero attached hydrogens (tertiary/aromatic N) is 1. The van der Waals surface area contributed by atoms with Crippen LogP contribution < -0.4 is 0 Å². The third-order valence-corrected chi connectivity index (χ3v) is 1.57. The Morgan fingerprint density at radius 1 is 1.44 bits per heavy atom. The van der Waals surface area contributed by atoms with Gasteiger partial charge in [-0.15, -0.1) is 0 Å². The zero-order chi connectivity index (χ0) is 5.98. The number of hydrogen-bond donors (Lipinski definition) is 0. The molecule has 0 saturated heterocycles. The Kier molecular flexibility index (Phi) is 5.19. The molecule has 0 amide bonds. The van der Waals surface area contributed by atoms with E-state index in [1.807, 2.05) is 0 Å². The Labute approximate surface area is 86.9 Å². The van der Waals surface area contributed by atoms with Gasteiger partial charge in [-0.05, 0) is 18.8 Å². The van der Waals surface area contributed by atoms with E-state index in [0.717, 1.165) is 6.54 Å². The van der Waals surface area contributed by atoms with Crippen molar-refractivity contribution in [2.45, 2.75) is 26.7 Å². The second kappa shape index (κ2) is 4.70. The molecule has 0 atom stereocenters. The molecule has 0 saturated carbocycles. The Balaban J connectivity index is 0.000000640. The molecule has 0 aromatic carbocycles. The third-order valence-electron chi connectivity index (χ3n) is 1.57. The summed E-state index contributed by atoms with van der Waals surface area (Å²) in [6.07, 6.45) is 2.53. The van der Waals surface area contributed by atoms with Crippen LogP contribution in [0, 0.1) is 43.7 Å². The van der Waals surface area contributed by atoms with Gasteiger partial charge >= 0.3 is 0 Å². The zero-order valence-corrected chi connectivity index (χ0v) is 6.71. The van der Waals surface area contributed by atoms with Gasteiger partial charge in [0.15, 0.2) is 0 Å².